The zero-order valence-electron chi connectivity index (χ0n) is 14.5. The van der Waals surface area contributed by atoms with Gasteiger partial charge in [-0.05, 0) is 24.6 Å². The number of nitrogens with one attached hydrogen (secondary N) is 1. The first-order chi connectivity index (χ1) is 12.1. The smallest absolute Gasteiger partial charge is 0.317 e. The third-order valence-corrected chi connectivity index (χ3v) is 4.85. The van der Waals surface area contributed by atoms with Crippen LogP contribution in [0.2, 0.25) is 5.02 Å². The van der Waals surface area contributed by atoms with Crippen molar-refractivity contribution in [2.24, 2.45) is 0 Å². The van der Waals surface area contributed by atoms with E-state index < -0.39 is 0 Å². The topological polar surface area (TPSA) is 53.4 Å². The Bertz CT molecular complexity index is 692. The van der Waals surface area contributed by atoms with Crippen LogP contribution in [0.1, 0.15) is 11.4 Å². The Labute approximate surface area is 153 Å². The van der Waals surface area contributed by atoms with Gasteiger partial charge < -0.3 is 14.8 Å². The molecule has 1 aromatic heterocycles. The number of urea groups is 1. The summed E-state index contributed by atoms with van der Waals surface area (Å²) in [5.41, 5.74) is 1.05. The van der Waals surface area contributed by atoms with Gasteiger partial charge in [0.05, 0.1) is 0 Å². The maximum absolute atomic E-state index is 12.3. The molecule has 0 aliphatic carbocycles. The molecule has 1 fully saturated rings. The minimum Gasteiger partial charge on any atom is -0.334 e. The molecule has 3 rings (SSSR count). The van der Waals surface area contributed by atoms with Crippen molar-refractivity contribution in [3.05, 3.63) is 53.1 Å². The number of carbonyl (C=O) groups excluding carboxylic acids is 1. The van der Waals surface area contributed by atoms with E-state index in [4.69, 9.17) is 11.6 Å². The summed E-state index contributed by atoms with van der Waals surface area (Å²) >= 11 is 5.87. The van der Waals surface area contributed by atoms with Gasteiger partial charge in [-0.1, -0.05) is 23.7 Å². The molecular formula is C18H24ClN5O. The van der Waals surface area contributed by atoms with E-state index in [0.717, 1.165) is 50.7 Å². The highest BCUT2D eigenvalue weighted by Crippen LogP contribution is 2.09. The van der Waals surface area contributed by atoms with Crippen molar-refractivity contribution in [2.45, 2.75) is 20.0 Å². The van der Waals surface area contributed by atoms with Gasteiger partial charge >= 0.3 is 6.03 Å². The summed E-state index contributed by atoms with van der Waals surface area (Å²) in [5.74, 6) is 1.04. The summed E-state index contributed by atoms with van der Waals surface area (Å²) < 4.78 is 2.16. The lowest BCUT2D eigenvalue weighted by atomic mass is 10.2. The Hall–Kier alpha value is -2.05. The summed E-state index contributed by atoms with van der Waals surface area (Å²) in [5, 5.41) is 3.68. The van der Waals surface area contributed by atoms with E-state index in [1.54, 1.807) is 0 Å². The van der Waals surface area contributed by atoms with Gasteiger partial charge in [0.15, 0.2) is 0 Å². The molecule has 7 heteroatoms. The fourth-order valence-electron chi connectivity index (χ4n) is 2.96. The van der Waals surface area contributed by atoms with E-state index in [0.29, 0.717) is 11.6 Å². The van der Waals surface area contributed by atoms with Gasteiger partial charge in [0.2, 0.25) is 0 Å². The van der Waals surface area contributed by atoms with E-state index in [1.807, 2.05) is 48.5 Å². The number of halogens is 1. The van der Waals surface area contributed by atoms with Crippen LogP contribution in [0.3, 0.4) is 0 Å². The monoisotopic (exact) mass is 361 g/mol. The number of aryl methyl sites for hydroxylation is 1. The Morgan fingerprint density at radius 1 is 1.16 bits per heavy atom. The van der Waals surface area contributed by atoms with E-state index >= 15 is 0 Å². The van der Waals surface area contributed by atoms with Crippen LogP contribution >= 0.6 is 11.6 Å². The third kappa shape index (κ3) is 4.96. The average Bonchev–Trinajstić information content (AvgIpc) is 3.04. The van der Waals surface area contributed by atoms with Crippen LogP contribution in [0.4, 0.5) is 4.79 Å². The lowest BCUT2D eigenvalue weighted by Crippen LogP contribution is -2.52. The molecule has 1 aromatic carbocycles. The van der Waals surface area contributed by atoms with Crippen molar-refractivity contribution < 1.29 is 4.79 Å². The molecule has 0 atom stereocenters. The van der Waals surface area contributed by atoms with Crippen molar-refractivity contribution in [3.8, 4) is 0 Å². The van der Waals surface area contributed by atoms with Crippen LogP contribution in [-0.2, 0) is 13.1 Å². The number of amides is 2. The van der Waals surface area contributed by atoms with Crippen LogP contribution in [0, 0.1) is 6.92 Å². The van der Waals surface area contributed by atoms with Gasteiger partial charge in [0, 0.05) is 63.2 Å². The first-order valence-corrected chi connectivity index (χ1v) is 8.97. The second-order valence-electron chi connectivity index (χ2n) is 6.28. The normalized spacial score (nSPS) is 15.4. The molecule has 0 bridgehead atoms. The van der Waals surface area contributed by atoms with Gasteiger partial charge in [0.25, 0.3) is 0 Å². The molecule has 25 heavy (non-hydrogen) atoms. The Morgan fingerprint density at radius 3 is 2.52 bits per heavy atom. The molecule has 2 heterocycles. The second kappa shape index (κ2) is 8.36. The minimum absolute atomic E-state index is 0.0000500. The molecular weight excluding hydrogens is 338 g/mol. The predicted octanol–water partition coefficient (Wildman–Crippen LogP) is 2.37. The molecule has 1 N–H and O–H groups in total. The number of piperazine rings is 1. The molecule has 1 aliphatic rings. The van der Waals surface area contributed by atoms with Crippen LogP contribution in [0.15, 0.2) is 36.7 Å². The number of hydrogen-bond acceptors (Lipinski definition) is 3. The Kier molecular flexibility index (Phi) is 5.94. The van der Waals surface area contributed by atoms with Crippen LogP contribution in [0.25, 0.3) is 0 Å². The molecule has 6 nitrogen and oxygen atoms in total. The SMILES string of the molecule is Cc1nccn1CCN1CCN(C(=O)NCc2ccc(Cl)cc2)CC1. The summed E-state index contributed by atoms with van der Waals surface area (Å²) in [7, 11) is 0. The third-order valence-electron chi connectivity index (χ3n) is 4.60. The van der Waals surface area contributed by atoms with Crippen molar-refractivity contribution >= 4 is 17.6 Å². The minimum atomic E-state index is 0.0000500. The molecule has 0 saturated carbocycles. The van der Waals surface area contributed by atoms with Crippen LogP contribution in [-0.4, -0.2) is 58.1 Å². The number of imidazole rings is 1. The van der Waals surface area contributed by atoms with E-state index in [1.165, 1.54) is 0 Å². The fourth-order valence-corrected chi connectivity index (χ4v) is 3.08. The largest absolute Gasteiger partial charge is 0.334 e. The molecule has 134 valence electrons. The Morgan fingerprint density at radius 2 is 1.88 bits per heavy atom. The van der Waals surface area contributed by atoms with Crippen molar-refractivity contribution in [3.63, 3.8) is 0 Å². The lowest BCUT2D eigenvalue weighted by molar-refractivity contribution is 0.136. The van der Waals surface area contributed by atoms with Gasteiger partial charge in [-0.2, -0.15) is 0 Å². The average molecular weight is 362 g/mol. The van der Waals surface area contributed by atoms with Gasteiger partial charge in [-0.25, -0.2) is 9.78 Å². The molecule has 1 saturated heterocycles. The molecule has 2 aromatic rings. The quantitative estimate of drug-likeness (QED) is 0.889. The van der Waals surface area contributed by atoms with Gasteiger partial charge in [-0.15, -0.1) is 0 Å². The highest BCUT2D eigenvalue weighted by atomic mass is 35.5. The maximum Gasteiger partial charge on any atom is 0.317 e. The maximum atomic E-state index is 12.3. The summed E-state index contributed by atoms with van der Waals surface area (Å²) in [6.07, 6.45) is 3.84. The zero-order valence-corrected chi connectivity index (χ0v) is 15.2. The highest BCUT2D eigenvalue weighted by Gasteiger charge is 2.20. The molecule has 0 radical (unpaired) electrons. The number of hydrogen-bond donors (Lipinski definition) is 1. The number of rotatable bonds is 5. The molecule has 0 spiro atoms. The number of benzene rings is 1. The van der Waals surface area contributed by atoms with Crippen molar-refractivity contribution in [1.29, 1.82) is 0 Å². The van der Waals surface area contributed by atoms with Crippen LogP contribution < -0.4 is 5.32 Å². The van der Waals surface area contributed by atoms with Crippen LogP contribution in [0.5, 0.6) is 0 Å². The van der Waals surface area contributed by atoms with E-state index in [2.05, 4.69) is 19.8 Å². The fraction of sp³-hybridized carbons (Fsp3) is 0.444. The van der Waals surface area contributed by atoms with E-state index in [9.17, 15) is 4.79 Å². The Balaban J connectivity index is 1.38. The van der Waals surface area contributed by atoms with Gasteiger partial charge in [0.1, 0.15) is 5.82 Å². The number of aromatic nitrogens is 2. The first kappa shape index (κ1) is 17.8. The summed E-state index contributed by atoms with van der Waals surface area (Å²) in [6.45, 7) is 7.79. The first-order valence-electron chi connectivity index (χ1n) is 8.59. The summed E-state index contributed by atoms with van der Waals surface area (Å²) in [6, 6.07) is 7.53. The molecule has 2 amide bonds. The standard InChI is InChI=1S/C18H24ClN5O/c1-15-20-6-7-23(15)11-8-22-9-12-24(13-10-22)18(25)21-14-16-2-4-17(19)5-3-16/h2-7H,8-14H2,1H3,(H,21,25). The molecule has 1 aliphatic heterocycles. The number of carbonyl (C=O) groups is 1. The zero-order chi connectivity index (χ0) is 17.6. The predicted molar refractivity (Wildman–Crippen MR) is 98.7 cm³/mol. The van der Waals surface area contributed by atoms with E-state index in [-0.39, 0.29) is 6.03 Å². The van der Waals surface area contributed by atoms with Gasteiger partial charge in [-0.3, -0.25) is 4.90 Å². The van der Waals surface area contributed by atoms with Crippen molar-refractivity contribution in [1.82, 2.24) is 24.7 Å². The van der Waals surface area contributed by atoms with Crippen molar-refractivity contribution in [2.75, 3.05) is 32.7 Å². The molecule has 0 unspecified atom stereocenters. The second-order valence-corrected chi connectivity index (χ2v) is 6.72. The highest BCUT2D eigenvalue weighted by molar-refractivity contribution is 6.30. The summed E-state index contributed by atoms with van der Waals surface area (Å²) in [4.78, 5) is 20.8. The lowest BCUT2D eigenvalue weighted by Gasteiger charge is -2.34. The number of nitrogens with zero attached hydrogens (tertiary/aromatic N) is 4.